The Bertz CT molecular complexity index is 3490. The van der Waals surface area contributed by atoms with Crippen LogP contribution in [-0.2, 0) is 0 Å². The molecule has 0 spiro atoms. The fourth-order valence-electron chi connectivity index (χ4n) is 11.0. The van der Waals surface area contributed by atoms with E-state index in [9.17, 15) is 0 Å². The van der Waals surface area contributed by atoms with Gasteiger partial charge < -0.3 is 9.13 Å². The molecule has 10 rings (SSSR count). The van der Waals surface area contributed by atoms with Crippen molar-refractivity contribution in [2.75, 3.05) is 0 Å². The maximum atomic E-state index is 2.58. The molecule has 62 heavy (non-hydrogen) atoms. The van der Waals surface area contributed by atoms with E-state index in [-0.39, 0.29) is 0 Å². The first-order valence-corrected chi connectivity index (χ1v) is 22.2. The molecule has 0 N–H and O–H groups in total. The highest BCUT2D eigenvalue weighted by molar-refractivity contribution is 6.70. The second kappa shape index (κ2) is 14.9. The Hall–Kier alpha value is -5.86. The zero-order valence-corrected chi connectivity index (χ0v) is 38.4. The molecule has 10 aromatic rings. The molecular weight excluding hydrogens is 734 g/mol. The fraction of sp³-hybridized carbons (Fsp3) is 0. The Kier molecular flexibility index (Phi) is 9.67. The van der Waals surface area contributed by atoms with Crippen LogP contribution in [0, 0.1) is 0 Å². The van der Waals surface area contributed by atoms with Crippen LogP contribution in [0.1, 0.15) is 0 Å². The molecule has 0 amide bonds. The van der Waals surface area contributed by atoms with Crippen LogP contribution in [-0.4, -0.2) is 103 Å². The molecule has 0 fully saturated rings. The van der Waals surface area contributed by atoms with E-state index in [4.69, 9.17) is 0 Å². The normalized spacial score (nSPS) is 11.7. The lowest BCUT2D eigenvalue weighted by Crippen LogP contribution is -2.55. The van der Waals surface area contributed by atoms with Crippen molar-refractivity contribution in [3.8, 4) is 44.8 Å². The maximum absolute atomic E-state index is 2.58. The molecule has 0 saturated carbocycles. The highest BCUT2D eigenvalue weighted by Crippen LogP contribution is 2.40. The van der Waals surface area contributed by atoms with E-state index in [2.05, 4.69) is 225 Å². The monoisotopic (exact) mass is 780 g/mol. The largest absolute Gasteiger partial charge is 0.310 e. The van der Waals surface area contributed by atoms with Crippen molar-refractivity contribution in [1.29, 1.82) is 0 Å². The van der Waals surface area contributed by atoms with Gasteiger partial charge in [0.25, 0.3) is 0 Å². The Labute approximate surface area is 376 Å². The van der Waals surface area contributed by atoms with Gasteiger partial charge in [0.2, 0.25) is 0 Å². The number of hydrogen-bond acceptors (Lipinski definition) is 0. The summed E-state index contributed by atoms with van der Waals surface area (Å²) in [6, 6.07) is 45.0. The van der Waals surface area contributed by atoms with Crippen LogP contribution in [0.2, 0.25) is 0 Å². The summed E-state index contributed by atoms with van der Waals surface area (Å²) in [4.78, 5) is 0. The third kappa shape index (κ3) is 5.74. The van der Waals surface area contributed by atoms with Crippen molar-refractivity contribution < 1.29 is 0 Å². The summed E-state index contributed by atoms with van der Waals surface area (Å²) in [7, 11) is 27.8. The molecule has 14 heteroatoms. The lowest BCUT2D eigenvalue weighted by molar-refractivity contribution is 1.18. The average molecular weight is 779 g/mol. The number of rotatable bonds is 5. The van der Waals surface area contributed by atoms with Gasteiger partial charge in [-0.2, -0.15) is 0 Å². The zero-order valence-electron chi connectivity index (χ0n) is 38.4. The summed E-state index contributed by atoms with van der Waals surface area (Å²) in [6.45, 7) is 0. The average Bonchev–Trinajstić information content (AvgIpc) is 3.83. The Morgan fingerprint density at radius 2 is 0.774 bits per heavy atom. The SMILES string of the molecule is Bc1c(B)c(B)c(-c2cccc3c2c2cc(-c4c(B)c(B)c5c(c4B)c4c(B)c(B)c(B)c(B)c4n5-c4ccc(-c5ccccc5)cc4)ccc2n3-c2ccccc2)c(B)c1B. The highest BCUT2D eigenvalue weighted by atomic mass is 15.0. The third-order valence-electron chi connectivity index (χ3n) is 15.2. The van der Waals surface area contributed by atoms with Crippen LogP contribution < -0.4 is 65.6 Å². The third-order valence-corrected chi connectivity index (χ3v) is 15.2. The number of benzene rings is 8. The maximum Gasteiger partial charge on any atom is 0.141 e. The predicted octanol–water partition coefficient (Wildman–Crippen LogP) is -8.02. The van der Waals surface area contributed by atoms with Crippen molar-refractivity contribution in [1.82, 2.24) is 9.13 Å². The van der Waals surface area contributed by atoms with E-state index in [1.807, 2.05) is 0 Å². The quantitative estimate of drug-likeness (QED) is 0.154. The second-order valence-electron chi connectivity index (χ2n) is 18.0. The molecule has 282 valence electrons. The van der Waals surface area contributed by atoms with E-state index in [0.717, 1.165) is 0 Å². The molecule has 0 bridgehead atoms. The van der Waals surface area contributed by atoms with E-state index in [0.29, 0.717) is 0 Å². The molecule has 0 unspecified atom stereocenters. The summed E-state index contributed by atoms with van der Waals surface area (Å²) < 4.78 is 5.05. The van der Waals surface area contributed by atoms with Crippen LogP contribution >= 0.6 is 0 Å². The minimum atomic E-state index is 1.17. The topological polar surface area (TPSA) is 9.86 Å². The minimum absolute atomic E-state index is 1.17. The molecule has 0 aliphatic heterocycles. The molecule has 0 aliphatic carbocycles. The fourth-order valence-corrected chi connectivity index (χ4v) is 11.0. The Morgan fingerprint density at radius 3 is 1.42 bits per heavy atom. The molecule has 0 radical (unpaired) electrons. The molecule has 8 aromatic carbocycles. The molecule has 0 atom stereocenters. The van der Waals surface area contributed by atoms with E-state index >= 15 is 0 Å². The van der Waals surface area contributed by atoms with Crippen LogP contribution in [0.4, 0.5) is 0 Å². The first-order chi connectivity index (χ1) is 29.8. The predicted molar refractivity (Wildman–Crippen MR) is 310 cm³/mol. The zero-order chi connectivity index (χ0) is 43.5. The molecule has 2 nitrogen and oxygen atoms in total. The summed E-state index contributed by atoms with van der Waals surface area (Å²) >= 11 is 0. The summed E-state index contributed by atoms with van der Waals surface area (Å²) in [5, 5.41) is 5.32. The van der Waals surface area contributed by atoms with Gasteiger partial charge in [0.05, 0.1) is 11.0 Å². The van der Waals surface area contributed by atoms with E-state index < -0.39 is 0 Å². The van der Waals surface area contributed by atoms with Gasteiger partial charge in [-0.3, -0.25) is 0 Å². The number of nitrogens with zero attached hydrogens (tertiary/aromatic N) is 2. The van der Waals surface area contributed by atoms with Crippen molar-refractivity contribution >= 4 is 203 Å². The van der Waals surface area contributed by atoms with Gasteiger partial charge in [0, 0.05) is 38.6 Å². The minimum Gasteiger partial charge on any atom is -0.310 e. The summed E-state index contributed by atoms with van der Waals surface area (Å²) in [6.07, 6.45) is 0. The second-order valence-corrected chi connectivity index (χ2v) is 18.0. The van der Waals surface area contributed by atoms with Crippen molar-refractivity contribution in [2.45, 2.75) is 0 Å². The first-order valence-electron chi connectivity index (χ1n) is 22.2. The molecular formula is C48H44B12N2. The van der Waals surface area contributed by atoms with E-state index in [1.54, 1.807) is 0 Å². The highest BCUT2D eigenvalue weighted by Gasteiger charge is 2.26. The number of hydrogen-bond donors (Lipinski definition) is 0. The molecule has 2 aromatic heterocycles. The van der Waals surface area contributed by atoms with Crippen molar-refractivity contribution in [3.05, 3.63) is 121 Å². The van der Waals surface area contributed by atoms with Gasteiger partial charge in [-0.15, -0.1) is 21.9 Å². The van der Waals surface area contributed by atoms with Gasteiger partial charge in [0.15, 0.2) is 0 Å². The van der Waals surface area contributed by atoms with Crippen molar-refractivity contribution in [3.63, 3.8) is 0 Å². The standard InChI is InChI=1S/C48H44B12N2/c49-35-30(36(50)45(59)47-33(35)34-39(53)42(56)44(58)46(60)48(34)62(47)25-17-14-22(15-18-25)21-8-3-1-4-9-21)23-16-19-28-27(20-23)31-26(32-37(51)40(54)43(57)41(55)38(32)52)12-7-13-29(31)61(28)24-10-5-2-6-11-24/h1-20H,49-60H2. The number of aromatic nitrogens is 2. The van der Waals surface area contributed by atoms with Crippen molar-refractivity contribution in [2.24, 2.45) is 0 Å². The lowest BCUT2D eigenvalue weighted by Gasteiger charge is -2.21. The number of fused-ring (bicyclic) bond motifs is 6. The number of para-hydroxylation sites is 1. The lowest BCUT2D eigenvalue weighted by atomic mass is 9.59. The van der Waals surface area contributed by atoms with Gasteiger partial charge >= 0.3 is 0 Å². The van der Waals surface area contributed by atoms with Gasteiger partial charge in [-0.25, -0.2) is 0 Å². The van der Waals surface area contributed by atoms with Gasteiger partial charge in [-0.05, 0) is 81.2 Å². The Morgan fingerprint density at radius 1 is 0.290 bits per heavy atom. The summed E-state index contributed by atoms with van der Waals surface area (Å²) in [5.41, 5.74) is 31.5. The van der Waals surface area contributed by atoms with Gasteiger partial charge in [-0.1, -0.05) is 123 Å². The van der Waals surface area contributed by atoms with Gasteiger partial charge in [0.1, 0.15) is 94.2 Å². The van der Waals surface area contributed by atoms with Crippen LogP contribution in [0.25, 0.3) is 88.4 Å². The smallest absolute Gasteiger partial charge is 0.141 e. The first kappa shape index (κ1) is 40.2. The van der Waals surface area contributed by atoms with Crippen LogP contribution in [0.15, 0.2) is 121 Å². The molecule has 2 heterocycles. The van der Waals surface area contributed by atoms with Crippen LogP contribution in [0.3, 0.4) is 0 Å². The molecule has 0 aliphatic rings. The van der Waals surface area contributed by atoms with Crippen LogP contribution in [0.5, 0.6) is 0 Å². The summed E-state index contributed by atoms with van der Waals surface area (Å²) in [5.74, 6) is 0. The van der Waals surface area contributed by atoms with E-state index in [1.165, 1.54) is 154 Å². The Balaban J connectivity index is 1.30. The molecule has 0 saturated heterocycles.